The third-order valence-corrected chi connectivity index (χ3v) is 6.11. The molecule has 0 saturated carbocycles. The number of nitrogens with one attached hydrogen (secondary N) is 1. The van der Waals surface area contributed by atoms with Gasteiger partial charge in [0, 0.05) is 4.88 Å². The van der Waals surface area contributed by atoms with Crippen molar-refractivity contribution in [2.75, 3.05) is 6.54 Å². The third kappa shape index (κ3) is 3.89. The summed E-state index contributed by atoms with van der Waals surface area (Å²) in [6.07, 6.45) is 1.11. The van der Waals surface area contributed by atoms with Gasteiger partial charge >= 0.3 is 0 Å². The molecule has 0 spiro atoms. The summed E-state index contributed by atoms with van der Waals surface area (Å²) >= 11 is 11.5. The van der Waals surface area contributed by atoms with Crippen LogP contribution in [0.25, 0.3) is 0 Å². The fraction of sp³-hybridized carbons (Fsp3) is 0.412. The summed E-state index contributed by atoms with van der Waals surface area (Å²) in [5, 5.41) is 4.47. The van der Waals surface area contributed by atoms with E-state index in [9.17, 15) is 0 Å². The molecule has 1 aromatic heterocycles. The van der Waals surface area contributed by atoms with Crippen molar-refractivity contribution in [2.24, 2.45) is 0 Å². The fourth-order valence-electron chi connectivity index (χ4n) is 2.79. The lowest BCUT2D eigenvalue weighted by molar-refractivity contribution is 0.601. The van der Waals surface area contributed by atoms with Gasteiger partial charge < -0.3 is 5.32 Å². The first-order valence-electron chi connectivity index (χ1n) is 7.19. The summed E-state index contributed by atoms with van der Waals surface area (Å²) < 4.78 is 1.00. The van der Waals surface area contributed by atoms with Crippen molar-refractivity contribution in [3.05, 3.63) is 54.1 Å². The molecule has 4 heteroatoms. The Morgan fingerprint density at radius 3 is 2.29 bits per heavy atom. The maximum atomic E-state index is 6.24. The minimum absolute atomic E-state index is 0.208. The predicted octanol–water partition coefficient (Wildman–Crippen LogP) is 6.18. The zero-order chi connectivity index (χ0) is 15.6. The zero-order valence-electron chi connectivity index (χ0n) is 12.9. The van der Waals surface area contributed by atoms with Crippen molar-refractivity contribution in [1.29, 1.82) is 0 Å². The molecule has 0 bridgehead atoms. The molecule has 2 rings (SSSR count). The first-order chi connectivity index (χ1) is 9.93. The highest BCUT2D eigenvalue weighted by Crippen LogP contribution is 2.39. The molecule has 114 valence electrons. The minimum atomic E-state index is 0.208. The molecular formula is C17H21BrClNS. The van der Waals surface area contributed by atoms with Crippen molar-refractivity contribution in [3.8, 4) is 0 Å². The van der Waals surface area contributed by atoms with Gasteiger partial charge in [-0.2, -0.15) is 0 Å². The molecule has 1 aromatic carbocycles. The summed E-state index contributed by atoms with van der Waals surface area (Å²) in [5.41, 5.74) is 5.36. The summed E-state index contributed by atoms with van der Waals surface area (Å²) in [5.74, 6) is 0. The van der Waals surface area contributed by atoms with Gasteiger partial charge in [0.2, 0.25) is 0 Å². The van der Waals surface area contributed by atoms with Gasteiger partial charge in [0.05, 0.1) is 14.9 Å². The Labute approximate surface area is 144 Å². The van der Waals surface area contributed by atoms with E-state index in [0.29, 0.717) is 0 Å². The Hall–Kier alpha value is -0.350. The Morgan fingerprint density at radius 2 is 1.81 bits per heavy atom. The lowest BCUT2D eigenvalue weighted by Crippen LogP contribution is -2.24. The number of benzene rings is 1. The highest BCUT2D eigenvalue weighted by Gasteiger charge is 2.21. The normalized spacial score (nSPS) is 12.7. The zero-order valence-corrected chi connectivity index (χ0v) is 16.0. The van der Waals surface area contributed by atoms with Crippen LogP contribution in [0, 0.1) is 20.8 Å². The number of aryl methyl sites for hydroxylation is 3. The van der Waals surface area contributed by atoms with Crippen LogP contribution in [0.2, 0.25) is 5.02 Å². The standard InChI is InChI=1S/C17H21BrClNS/c1-5-6-20-16(14-9-13(19)17(18)21-14)15-11(3)7-10(2)8-12(15)4/h7-9,16,20H,5-6H2,1-4H3. The predicted molar refractivity (Wildman–Crippen MR) is 97.8 cm³/mol. The first kappa shape index (κ1) is 17.0. The van der Waals surface area contributed by atoms with E-state index in [0.717, 1.165) is 21.8 Å². The van der Waals surface area contributed by atoms with Crippen molar-refractivity contribution in [2.45, 2.75) is 40.2 Å². The van der Waals surface area contributed by atoms with Gasteiger partial charge in [-0.25, -0.2) is 0 Å². The monoisotopic (exact) mass is 385 g/mol. The molecule has 1 heterocycles. The maximum Gasteiger partial charge on any atom is 0.0888 e. The second-order valence-corrected chi connectivity index (χ2v) is 8.28. The van der Waals surface area contributed by atoms with Crippen LogP contribution in [0.5, 0.6) is 0 Å². The Bertz CT molecular complexity index is 593. The van der Waals surface area contributed by atoms with Crippen LogP contribution in [0.3, 0.4) is 0 Å². The molecule has 0 aliphatic carbocycles. The van der Waals surface area contributed by atoms with Crippen molar-refractivity contribution >= 4 is 38.9 Å². The molecule has 1 unspecified atom stereocenters. The topological polar surface area (TPSA) is 12.0 Å². The molecule has 0 amide bonds. The van der Waals surface area contributed by atoms with Crippen LogP contribution in [0.15, 0.2) is 22.0 Å². The number of thiophene rings is 1. The highest BCUT2D eigenvalue weighted by atomic mass is 79.9. The molecule has 0 aliphatic heterocycles. The molecule has 0 radical (unpaired) electrons. The lowest BCUT2D eigenvalue weighted by atomic mass is 9.93. The lowest BCUT2D eigenvalue weighted by Gasteiger charge is -2.22. The molecule has 1 atom stereocenters. The van der Waals surface area contributed by atoms with Gasteiger partial charge in [-0.15, -0.1) is 11.3 Å². The van der Waals surface area contributed by atoms with Crippen molar-refractivity contribution in [3.63, 3.8) is 0 Å². The largest absolute Gasteiger partial charge is 0.306 e. The molecule has 0 saturated heterocycles. The third-order valence-electron chi connectivity index (χ3n) is 3.57. The number of halogens is 2. The summed E-state index contributed by atoms with van der Waals surface area (Å²) in [6, 6.07) is 6.79. The van der Waals surface area contributed by atoms with Gasteiger partial charge in [0.1, 0.15) is 0 Å². The van der Waals surface area contributed by atoms with E-state index in [2.05, 4.69) is 67.1 Å². The van der Waals surface area contributed by atoms with E-state index < -0.39 is 0 Å². The molecule has 0 aliphatic rings. The average Bonchev–Trinajstić information content (AvgIpc) is 2.72. The van der Waals surface area contributed by atoms with E-state index in [1.807, 2.05) is 0 Å². The fourth-order valence-corrected chi connectivity index (χ4v) is 4.62. The van der Waals surface area contributed by atoms with Gasteiger partial charge in [0.25, 0.3) is 0 Å². The highest BCUT2D eigenvalue weighted by molar-refractivity contribution is 9.11. The molecule has 2 aromatic rings. The van der Waals surface area contributed by atoms with Gasteiger partial charge in [-0.05, 0) is 72.4 Å². The number of rotatable bonds is 5. The molecule has 21 heavy (non-hydrogen) atoms. The van der Waals surface area contributed by atoms with Crippen LogP contribution < -0.4 is 5.32 Å². The van der Waals surface area contributed by atoms with E-state index in [4.69, 9.17) is 11.6 Å². The molecular weight excluding hydrogens is 366 g/mol. The smallest absolute Gasteiger partial charge is 0.0888 e. The van der Waals surface area contributed by atoms with Crippen LogP contribution in [-0.2, 0) is 0 Å². The van der Waals surface area contributed by atoms with E-state index in [1.165, 1.54) is 27.1 Å². The summed E-state index contributed by atoms with van der Waals surface area (Å²) in [4.78, 5) is 1.26. The van der Waals surface area contributed by atoms with E-state index in [1.54, 1.807) is 11.3 Å². The average molecular weight is 387 g/mol. The quantitative estimate of drug-likeness (QED) is 0.647. The molecule has 1 N–H and O–H groups in total. The Morgan fingerprint density at radius 1 is 1.19 bits per heavy atom. The van der Waals surface area contributed by atoms with Crippen LogP contribution in [-0.4, -0.2) is 6.54 Å². The first-order valence-corrected chi connectivity index (χ1v) is 9.18. The van der Waals surface area contributed by atoms with Crippen molar-refractivity contribution in [1.82, 2.24) is 5.32 Å². The van der Waals surface area contributed by atoms with Gasteiger partial charge in [0.15, 0.2) is 0 Å². The second-order valence-electron chi connectivity index (χ2n) is 5.47. The minimum Gasteiger partial charge on any atom is -0.306 e. The summed E-state index contributed by atoms with van der Waals surface area (Å²) in [7, 11) is 0. The van der Waals surface area contributed by atoms with E-state index in [-0.39, 0.29) is 6.04 Å². The molecule has 1 nitrogen and oxygen atoms in total. The van der Waals surface area contributed by atoms with Crippen LogP contribution >= 0.6 is 38.9 Å². The Kier molecular flexibility index (Phi) is 5.89. The van der Waals surface area contributed by atoms with Crippen LogP contribution in [0.1, 0.15) is 46.5 Å². The molecule has 0 fully saturated rings. The number of hydrogen-bond donors (Lipinski definition) is 1. The second kappa shape index (κ2) is 7.28. The maximum absolute atomic E-state index is 6.24. The van der Waals surface area contributed by atoms with E-state index >= 15 is 0 Å². The number of hydrogen-bond acceptors (Lipinski definition) is 2. The van der Waals surface area contributed by atoms with Crippen molar-refractivity contribution < 1.29 is 0 Å². The van der Waals surface area contributed by atoms with Gasteiger partial charge in [-0.3, -0.25) is 0 Å². The van der Waals surface area contributed by atoms with Crippen LogP contribution in [0.4, 0.5) is 0 Å². The van der Waals surface area contributed by atoms with Gasteiger partial charge in [-0.1, -0.05) is 36.2 Å². The Balaban J connectivity index is 2.50. The summed E-state index contributed by atoms with van der Waals surface area (Å²) in [6.45, 7) is 9.72. The SMILES string of the molecule is CCCNC(c1cc(Cl)c(Br)s1)c1c(C)cc(C)cc1C.